The second-order valence-electron chi connectivity index (χ2n) is 6.00. The van der Waals surface area contributed by atoms with Gasteiger partial charge in [0.2, 0.25) is 0 Å². The summed E-state index contributed by atoms with van der Waals surface area (Å²) in [5.74, 6) is 1.06. The van der Waals surface area contributed by atoms with Gasteiger partial charge in [-0.2, -0.15) is 0 Å². The van der Waals surface area contributed by atoms with Gasteiger partial charge in [0, 0.05) is 24.4 Å². The van der Waals surface area contributed by atoms with Crippen molar-refractivity contribution < 1.29 is 19.0 Å². The number of fused-ring (bicyclic) bond motifs is 1. The van der Waals surface area contributed by atoms with Gasteiger partial charge in [-0.15, -0.1) is 0 Å². The van der Waals surface area contributed by atoms with E-state index in [0.717, 1.165) is 12.8 Å². The molecule has 138 valence electrons. The average molecular weight is 358 g/mol. The standard InChI is InChI=1S/C19H22N2O5/c1-24-12-7-8-13(15(10-12)25-2)20-19(23)18-14-6-4-5-9-21(14)17(22)11-16(18)26-3/h7-8,10-11H,4-6,9H2,1-3H3,(H,20,23). The number of pyridine rings is 1. The number of aromatic nitrogens is 1. The van der Waals surface area contributed by atoms with E-state index in [2.05, 4.69) is 5.32 Å². The van der Waals surface area contributed by atoms with Crippen LogP contribution >= 0.6 is 0 Å². The first-order chi connectivity index (χ1) is 12.6. The van der Waals surface area contributed by atoms with Crippen LogP contribution < -0.4 is 25.1 Å². The Bertz CT molecular complexity index is 888. The molecule has 0 aliphatic carbocycles. The van der Waals surface area contributed by atoms with Gasteiger partial charge in [-0.05, 0) is 31.4 Å². The van der Waals surface area contributed by atoms with E-state index in [1.165, 1.54) is 20.3 Å². The minimum Gasteiger partial charge on any atom is -0.497 e. The summed E-state index contributed by atoms with van der Waals surface area (Å²) in [5.41, 5.74) is 1.48. The van der Waals surface area contributed by atoms with Crippen LogP contribution in [0.1, 0.15) is 28.9 Å². The molecule has 7 heteroatoms. The lowest BCUT2D eigenvalue weighted by Gasteiger charge is -2.23. The predicted molar refractivity (Wildman–Crippen MR) is 97.7 cm³/mol. The summed E-state index contributed by atoms with van der Waals surface area (Å²) in [7, 11) is 4.54. The fourth-order valence-electron chi connectivity index (χ4n) is 3.23. The zero-order valence-corrected chi connectivity index (χ0v) is 15.1. The first-order valence-corrected chi connectivity index (χ1v) is 8.43. The van der Waals surface area contributed by atoms with E-state index in [1.807, 2.05) is 0 Å². The molecule has 0 fully saturated rings. The third-order valence-electron chi connectivity index (χ3n) is 4.53. The number of ether oxygens (including phenoxy) is 3. The fourth-order valence-corrected chi connectivity index (χ4v) is 3.23. The van der Waals surface area contributed by atoms with Crippen molar-refractivity contribution in [3.63, 3.8) is 0 Å². The molecule has 0 saturated carbocycles. The number of carbonyl (C=O) groups excluding carboxylic acids is 1. The van der Waals surface area contributed by atoms with E-state index in [9.17, 15) is 9.59 Å². The zero-order valence-electron chi connectivity index (χ0n) is 15.1. The first kappa shape index (κ1) is 17.8. The molecular formula is C19H22N2O5. The monoisotopic (exact) mass is 358 g/mol. The van der Waals surface area contributed by atoms with Gasteiger partial charge in [-0.1, -0.05) is 0 Å². The molecule has 0 radical (unpaired) electrons. The highest BCUT2D eigenvalue weighted by Gasteiger charge is 2.24. The Morgan fingerprint density at radius 3 is 2.50 bits per heavy atom. The van der Waals surface area contributed by atoms with Crippen molar-refractivity contribution in [3.05, 3.63) is 45.9 Å². The molecule has 0 spiro atoms. The van der Waals surface area contributed by atoms with Crippen LogP contribution in [0.15, 0.2) is 29.1 Å². The van der Waals surface area contributed by atoms with Crippen molar-refractivity contribution in [1.82, 2.24) is 4.57 Å². The van der Waals surface area contributed by atoms with Crippen LogP contribution in [0.2, 0.25) is 0 Å². The SMILES string of the molecule is COc1ccc(NC(=O)c2c(OC)cc(=O)n3c2CCCC3)c(OC)c1. The van der Waals surface area contributed by atoms with Gasteiger partial charge in [0.1, 0.15) is 22.8 Å². The number of hydrogen-bond acceptors (Lipinski definition) is 5. The van der Waals surface area contributed by atoms with Gasteiger partial charge in [-0.3, -0.25) is 9.59 Å². The molecule has 26 heavy (non-hydrogen) atoms. The Morgan fingerprint density at radius 1 is 1.04 bits per heavy atom. The predicted octanol–water partition coefficient (Wildman–Crippen LogP) is 2.46. The van der Waals surface area contributed by atoms with Crippen molar-refractivity contribution in [1.29, 1.82) is 0 Å². The van der Waals surface area contributed by atoms with Crippen LogP contribution in [0.5, 0.6) is 17.2 Å². The summed E-state index contributed by atoms with van der Waals surface area (Å²) in [6.45, 7) is 0.615. The van der Waals surface area contributed by atoms with Gasteiger partial charge >= 0.3 is 0 Å². The molecule has 1 aromatic carbocycles. The summed E-state index contributed by atoms with van der Waals surface area (Å²) in [6, 6.07) is 6.51. The quantitative estimate of drug-likeness (QED) is 0.888. The van der Waals surface area contributed by atoms with Crippen molar-refractivity contribution >= 4 is 11.6 Å². The lowest BCUT2D eigenvalue weighted by Crippen LogP contribution is -2.30. The number of carbonyl (C=O) groups is 1. The zero-order chi connectivity index (χ0) is 18.7. The van der Waals surface area contributed by atoms with E-state index < -0.39 is 0 Å². The molecule has 1 aromatic heterocycles. The smallest absolute Gasteiger partial charge is 0.261 e. The second-order valence-corrected chi connectivity index (χ2v) is 6.00. The van der Waals surface area contributed by atoms with Gasteiger partial charge in [0.25, 0.3) is 11.5 Å². The molecule has 1 N–H and O–H groups in total. The molecule has 0 saturated heterocycles. The highest BCUT2D eigenvalue weighted by molar-refractivity contribution is 6.07. The fraction of sp³-hybridized carbons (Fsp3) is 0.368. The summed E-state index contributed by atoms with van der Waals surface area (Å²) in [4.78, 5) is 25.3. The normalized spacial score (nSPS) is 12.9. The van der Waals surface area contributed by atoms with Gasteiger partial charge in [0.05, 0.1) is 27.0 Å². The van der Waals surface area contributed by atoms with Crippen molar-refractivity contribution in [2.45, 2.75) is 25.8 Å². The van der Waals surface area contributed by atoms with E-state index >= 15 is 0 Å². The van der Waals surface area contributed by atoms with Crippen LogP contribution in [0.4, 0.5) is 5.69 Å². The van der Waals surface area contributed by atoms with Gasteiger partial charge < -0.3 is 24.1 Å². The highest BCUT2D eigenvalue weighted by Crippen LogP contribution is 2.31. The Hall–Kier alpha value is -2.96. The molecular weight excluding hydrogens is 336 g/mol. The molecule has 0 unspecified atom stereocenters. The maximum atomic E-state index is 13.0. The average Bonchev–Trinajstić information content (AvgIpc) is 2.68. The summed E-state index contributed by atoms with van der Waals surface area (Å²) >= 11 is 0. The summed E-state index contributed by atoms with van der Waals surface area (Å²) in [5, 5.41) is 2.86. The number of nitrogens with one attached hydrogen (secondary N) is 1. The van der Waals surface area contributed by atoms with Crippen LogP contribution in [0.3, 0.4) is 0 Å². The van der Waals surface area contributed by atoms with Crippen molar-refractivity contribution in [2.75, 3.05) is 26.6 Å². The topological polar surface area (TPSA) is 78.8 Å². The molecule has 7 nitrogen and oxygen atoms in total. The van der Waals surface area contributed by atoms with E-state index in [0.29, 0.717) is 41.4 Å². The molecule has 1 aliphatic rings. The van der Waals surface area contributed by atoms with Crippen LogP contribution in [-0.4, -0.2) is 31.8 Å². The van der Waals surface area contributed by atoms with E-state index in [-0.39, 0.29) is 17.2 Å². The number of methoxy groups -OCH3 is 3. The Kier molecular flexibility index (Phi) is 5.16. The molecule has 0 atom stereocenters. The highest BCUT2D eigenvalue weighted by atomic mass is 16.5. The second kappa shape index (κ2) is 7.51. The third-order valence-corrected chi connectivity index (χ3v) is 4.53. The minimum atomic E-state index is -0.337. The number of rotatable bonds is 5. The molecule has 1 amide bonds. The Morgan fingerprint density at radius 2 is 1.81 bits per heavy atom. The Labute approximate surface area is 151 Å². The molecule has 3 rings (SSSR count). The maximum Gasteiger partial charge on any atom is 0.261 e. The number of benzene rings is 1. The first-order valence-electron chi connectivity index (χ1n) is 8.43. The van der Waals surface area contributed by atoms with Crippen molar-refractivity contribution in [2.24, 2.45) is 0 Å². The molecule has 0 bridgehead atoms. The van der Waals surface area contributed by atoms with Crippen LogP contribution in [0, 0.1) is 0 Å². The molecule has 2 heterocycles. The minimum absolute atomic E-state index is 0.143. The molecule has 2 aromatic rings. The maximum absolute atomic E-state index is 13.0. The van der Waals surface area contributed by atoms with Gasteiger partial charge in [0.15, 0.2) is 0 Å². The van der Waals surface area contributed by atoms with Crippen LogP contribution in [-0.2, 0) is 13.0 Å². The lowest BCUT2D eigenvalue weighted by atomic mass is 10.0. The number of anilines is 1. The number of amides is 1. The summed E-state index contributed by atoms with van der Waals surface area (Å²) in [6.07, 6.45) is 2.51. The largest absolute Gasteiger partial charge is 0.497 e. The van der Waals surface area contributed by atoms with E-state index in [4.69, 9.17) is 14.2 Å². The van der Waals surface area contributed by atoms with E-state index in [1.54, 1.807) is 29.9 Å². The number of nitrogens with zero attached hydrogens (tertiary/aromatic N) is 1. The molecule has 1 aliphatic heterocycles. The van der Waals surface area contributed by atoms with Crippen molar-refractivity contribution in [3.8, 4) is 17.2 Å². The summed E-state index contributed by atoms with van der Waals surface area (Å²) < 4.78 is 17.5. The lowest BCUT2D eigenvalue weighted by molar-refractivity contribution is 0.102. The third kappa shape index (κ3) is 3.24. The number of hydrogen-bond donors (Lipinski definition) is 1. The van der Waals surface area contributed by atoms with Crippen LogP contribution in [0.25, 0.3) is 0 Å². The van der Waals surface area contributed by atoms with Gasteiger partial charge in [-0.25, -0.2) is 0 Å². The Balaban J connectivity index is 2.02.